The first kappa shape index (κ1) is 4.24. The first-order valence-electron chi connectivity index (χ1n) is 1.96. The van der Waals surface area contributed by atoms with Gasteiger partial charge in [0, 0.05) is 13.0 Å². The van der Waals surface area contributed by atoms with Gasteiger partial charge in [-0.1, -0.05) is 0 Å². The molecule has 2 nitrogen and oxygen atoms in total. The summed E-state index contributed by atoms with van der Waals surface area (Å²) in [5.74, 6) is 1.03. The SMILES string of the molecule is [CH2]c1ccc(N)o1. The van der Waals surface area contributed by atoms with E-state index in [4.69, 9.17) is 10.2 Å². The van der Waals surface area contributed by atoms with E-state index in [2.05, 4.69) is 6.92 Å². The van der Waals surface area contributed by atoms with Gasteiger partial charge >= 0.3 is 0 Å². The van der Waals surface area contributed by atoms with Crippen molar-refractivity contribution in [3.63, 3.8) is 0 Å². The molecule has 0 saturated carbocycles. The van der Waals surface area contributed by atoms with Gasteiger partial charge in [0.15, 0.2) is 5.88 Å². The van der Waals surface area contributed by atoms with Crippen molar-refractivity contribution in [2.75, 3.05) is 5.73 Å². The molecule has 0 atom stereocenters. The highest BCUT2D eigenvalue weighted by Crippen LogP contribution is 2.05. The molecule has 0 bridgehead atoms. The van der Waals surface area contributed by atoms with Crippen LogP contribution < -0.4 is 5.73 Å². The van der Waals surface area contributed by atoms with Gasteiger partial charge in [-0.25, -0.2) is 0 Å². The lowest BCUT2D eigenvalue weighted by molar-refractivity contribution is 0.568. The monoisotopic (exact) mass is 96.0 g/mol. The number of anilines is 1. The van der Waals surface area contributed by atoms with Crippen LogP contribution in [0.4, 0.5) is 5.88 Å². The molecular formula is C5H6NO. The van der Waals surface area contributed by atoms with Gasteiger partial charge < -0.3 is 10.2 Å². The van der Waals surface area contributed by atoms with Crippen molar-refractivity contribution in [1.82, 2.24) is 0 Å². The zero-order valence-electron chi connectivity index (χ0n) is 3.85. The van der Waals surface area contributed by atoms with E-state index in [1.807, 2.05) is 0 Å². The molecule has 7 heavy (non-hydrogen) atoms. The summed E-state index contributed by atoms with van der Waals surface area (Å²) >= 11 is 0. The smallest absolute Gasteiger partial charge is 0.190 e. The fraction of sp³-hybridized carbons (Fsp3) is 0. The van der Waals surface area contributed by atoms with Crippen LogP contribution in [0.5, 0.6) is 0 Å². The third-order valence-corrected chi connectivity index (χ3v) is 0.682. The van der Waals surface area contributed by atoms with Gasteiger partial charge in [0.25, 0.3) is 0 Å². The van der Waals surface area contributed by atoms with Gasteiger partial charge in [-0.2, -0.15) is 0 Å². The molecule has 1 radical (unpaired) electrons. The van der Waals surface area contributed by atoms with E-state index in [9.17, 15) is 0 Å². The molecule has 0 aromatic carbocycles. The molecule has 2 heteroatoms. The molecule has 0 saturated heterocycles. The number of nitrogen functional groups attached to an aromatic ring is 1. The molecule has 0 spiro atoms. The van der Waals surface area contributed by atoms with E-state index in [-0.39, 0.29) is 0 Å². The molecule has 0 aliphatic heterocycles. The molecule has 37 valence electrons. The average molecular weight is 96.1 g/mol. The standard InChI is InChI=1S/C5H6NO/c1-4-2-3-5(6)7-4/h2-3H,1,6H2. The highest BCUT2D eigenvalue weighted by molar-refractivity contribution is 5.25. The fourth-order valence-corrected chi connectivity index (χ4v) is 0.394. The molecule has 0 fully saturated rings. The maximum absolute atomic E-state index is 5.17. The van der Waals surface area contributed by atoms with Crippen LogP contribution in [0.1, 0.15) is 5.76 Å². The molecule has 0 aliphatic rings. The highest BCUT2D eigenvalue weighted by Gasteiger charge is 1.86. The van der Waals surface area contributed by atoms with Crippen molar-refractivity contribution in [2.45, 2.75) is 0 Å². The molecule has 1 aromatic heterocycles. The number of nitrogens with two attached hydrogens (primary N) is 1. The molecule has 1 rings (SSSR count). The first-order chi connectivity index (χ1) is 3.29. The van der Waals surface area contributed by atoms with Crippen molar-refractivity contribution in [3.8, 4) is 0 Å². The summed E-state index contributed by atoms with van der Waals surface area (Å²) in [5.41, 5.74) is 5.17. The summed E-state index contributed by atoms with van der Waals surface area (Å²) in [6.07, 6.45) is 0. The summed E-state index contributed by atoms with van der Waals surface area (Å²) in [6, 6.07) is 3.39. The number of hydrogen-bond donors (Lipinski definition) is 1. The predicted octanol–water partition coefficient (Wildman–Crippen LogP) is 1.04. The Morgan fingerprint density at radius 2 is 2.29 bits per heavy atom. The molecule has 1 aromatic rings. The summed E-state index contributed by atoms with van der Waals surface area (Å²) < 4.78 is 4.75. The second-order valence-electron chi connectivity index (χ2n) is 1.30. The Labute approximate surface area is 41.9 Å². The second kappa shape index (κ2) is 1.30. The summed E-state index contributed by atoms with van der Waals surface area (Å²) in [7, 11) is 0. The maximum Gasteiger partial charge on any atom is 0.190 e. The van der Waals surface area contributed by atoms with E-state index in [1.54, 1.807) is 12.1 Å². The van der Waals surface area contributed by atoms with Gasteiger partial charge in [-0.15, -0.1) is 0 Å². The van der Waals surface area contributed by atoms with Crippen LogP contribution in [0.15, 0.2) is 16.5 Å². The van der Waals surface area contributed by atoms with Gasteiger partial charge in [0.05, 0.1) is 0 Å². The maximum atomic E-state index is 5.17. The quantitative estimate of drug-likeness (QED) is 0.524. The fourth-order valence-electron chi connectivity index (χ4n) is 0.394. The largest absolute Gasteiger partial charge is 0.446 e. The second-order valence-corrected chi connectivity index (χ2v) is 1.30. The molecule has 0 amide bonds. The lowest BCUT2D eigenvalue weighted by Gasteiger charge is -1.76. The van der Waals surface area contributed by atoms with Gasteiger partial charge in [-0.05, 0) is 6.07 Å². The number of hydrogen-bond acceptors (Lipinski definition) is 2. The number of furan rings is 1. The average Bonchev–Trinajstić information content (AvgIpc) is 1.87. The molecule has 2 N–H and O–H groups in total. The van der Waals surface area contributed by atoms with Crippen molar-refractivity contribution < 1.29 is 4.42 Å². The minimum Gasteiger partial charge on any atom is -0.446 e. The minimum absolute atomic E-state index is 0.421. The summed E-state index contributed by atoms with van der Waals surface area (Å²) in [5, 5.41) is 0. The lowest BCUT2D eigenvalue weighted by atomic mass is 10.5. The van der Waals surface area contributed by atoms with Crippen molar-refractivity contribution in [2.24, 2.45) is 0 Å². The Balaban J connectivity index is 3.04. The zero-order chi connectivity index (χ0) is 5.28. The van der Waals surface area contributed by atoms with Crippen LogP contribution in [-0.4, -0.2) is 0 Å². The van der Waals surface area contributed by atoms with Crippen molar-refractivity contribution in [3.05, 3.63) is 24.8 Å². The van der Waals surface area contributed by atoms with Crippen LogP contribution in [-0.2, 0) is 0 Å². The van der Waals surface area contributed by atoms with Crippen LogP contribution in [0, 0.1) is 6.92 Å². The topological polar surface area (TPSA) is 39.2 Å². The molecular weight excluding hydrogens is 90.1 g/mol. The van der Waals surface area contributed by atoms with Crippen LogP contribution in [0.25, 0.3) is 0 Å². The summed E-state index contributed by atoms with van der Waals surface area (Å²) in [6.45, 7) is 3.49. The van der Waals surface area contributed by atoms with E-state index in [0.29, 0.717) is 11.6 Å². The van der Waals surface area contributed by atoms with Crippen LogP contribution in [0.2, 0.25) is 0 Å². The van der Waals surface area contributed by atoms with Crippen molar-refractivity contribution >= 4 is 5.88 Å². The third kappa shape index (κ3) is 0.738. The lowest BCUT2D eigenvalue weighted by Crippen LogP contribution is -1.75. The van der Waals surface area contributed by atoms with E-state index in [0.717, 1.165) is 0 Å². The van der Waals surface area contributed by atoms with Gasteiger partial charge in [-0.3, -0.25) is 0 Å². The highest BCUT2D eigenvalue weighted by atomic mass is 16.3. The third-order valence-electron chi connectivity index (χ3n) is 0.682. The molecule has 0 unspecified atom stereocenters. The zero-order valence-corrected chi connectivity index (χ0v) is 3.85. The predicted molar refractivity (Wildman–Crippen MR) is 27.6 cm³/mol. The Morgan fingerprint density at radius 1 is 1.57 bits per heavy atom. The van der Waals surface area contributed by atoms with Crippen molar-refractivity contribution in [1.29, 1.82) is 0 Å². The summed E-state index contributed by atoms with van der Waals surface area (Å²) in [4.78, 5) is 0. The van der Waals surface area contributed by atoms with E-state index in [1.165, 1.54) is 0 Å². The molecule has 0 aliphatic carbocycles. The number of rotatable bonds is 0. The Bertz CT molecular complexity index is 140. The van der Waals surface area contributed by atoms with Gasteiger partial charge in [0.2, 0.25) is 0 Å². The van der Waals surface area contributed by atoms with Gasteiger partial charge in [0.1, 0.15) is 5.76 Å². The Kier molecular flexibility index (Phi) is 0.785. The minimum atomic E-state index is 0.421. The Hall–Kier alpha value is -0.920. The van der Waals surface area contributed by atoms with Crippen LogP contribution >= 0.6 is 0 Å². The van der Waals surface area contributed by atoms with E-state index < -0.39 is 0 Å². The molecule has 1 heterocycles. The Morgan fingerprint density at radius 3 is 2.43 bits per heavy atom. The van der Waals surface area contributed by atoms with E-state index >= 15 is 0 Å². The first-order valence-corrected chi connectivity index (χ1v) is 1.96. The van der Waals surface area contributed by atoms with Crippen LogP contribution in [0.3, 0.4) is 0 Å². The normalized spacial score (nSPS) is 9.29.